The van der Waals surface area contributed by atoms with Crippen LogP contribution >= 0.6 is 0 Å². The molecule has 0 heterocycles. The highest BCUT2D eigenvalue weighted by molar-refractivity contribution is 5.80. The number of carbonyl (C=O) groups is 1. The van der Waals surface area contributed by atoms with Crippen molar-refractivity contribution in [2.75, 3.05) is 40.8 Å². The lowest BCUT2D eigenvalue weighted by atomic mass is 9.79. The van der Waals surface area contributed by atoms with Gasteiger partial charge >= 0.3 is 5.97 Å². The molecule has 2 unspecified atom stereocenters. The number of methoxy groups -OCH3 is 1. The molecule has 0 aromatic carbocycles. The molecule has 2 atom stereocenters. The Bertz CT molecular complexity index is 309. The molecule has 0 radical (unpaired) electrons. The zero-order valence-electron chi connectivity index (χ0n) is 13.5. The predicted molar refractivity (Wildman–Crippen MR) is 81.6 cm³/mol. The van der Waals surface area contributed by atoms with Gasteiger partial charge in [0.1, 0.15) is 5.54 Å². The first-order valence-corrected chi connectivity index (χ1v) is 7.69. The van der Waals surface area contributed by atoms with Gasteiger partial charge in [-0.25, -0.2) is 0 Å². The number of nitrogens with zero attached hydrogens (tertiary/aromatic N) is 2. The van der Waals surface area contributed by atoms with E-state index in [1.807, 2.05) is 0 Å². The largest absolute Gasteiger partial charge is 0.468 e. The smallest absolute Gasteiger partial charge is 0.325 e. The number of carbonyl (C=O) groups excluding carboxylic acids is 1. The normalized spacial score (nSPS) is 27.1. The molecule has 0 aromatic heterocycles. The second-order valence-electron chi connectivity index (χ2n) is 6.24. The van der Waals surface area contributed by atoms with Crippen molar-refractivity contribution < 1.29 is 9.53 Å². The van der Waals surface area contributed by atoms with Gasteiger partial charge < -0.3 is 15.4 Å². The van der Waals surface area contributed by atoms with Gasteiger partial charge in [-0.05, 0) is 52.7 Å². The van der Waals surface area contributed by atoms with Gasteiger partial charge in [-0.1, -0.05) is 6.92 Å². The van der Waals surface area contributed by atoms with E-state index in [4.69, 9.17) is 10.5 Å². The number of hydrogen-bond acceptors (Lipinski definition) is 5. The summed E-state index contributed by atoms with van der Waals surface area (Å²) < 4.78 is 4.89. The van der Waals surface area contributed by atoms with Gasteiger partial charge in [-0.15, -0.1) is 0 Å². The van der Waals surface area contributed by atoms with Crippen molar-refractivity contribution in [1.82, 2.24) is 9.80 Å². The lowest BCUT2D eigenvalue weighted by Gasteiger charge is -2.41. The van der Waals surface area contributed by atoms with E-state index in [0.29, 0.717) is 12.5 Å². The molecule has 0 bridgehead atoms. The van der Waals surface area contributed by atoms with Crippen LogP contribution in [0, 0.1) is 0 Å². The minimum Gasteiger partial charge on any atom is -0.468 e. The van der Waals surface area contributed by atoms with Crippen LogP contribution in [-0.2, 0) is 9.53 Å². The minimum atomic E-state index is -0.790. The van der Waals surface area contributed by atoms with E-state index >= 15 is 0 Å². The molecule has 5 nitrogen and oxygen atoms in total. The first-order chi connectivity index (χ1) is 9.42. The first-order valence-electron chi connectivity index (χ1n) is 7.69. The third-order valence-corrected chi connectivity index (χ3v) is 4.21. The fourth-order valence-corrected chi connectivity index (χ4v) is 3.07. The van der Waals surface area contributed by atoms with Crippen molar-refractivity contribution in [3.63, 3.8) is 0 Å². The number of likely N-dealkylation sites (N-methyl/N-ethyl adjacent to an activating group) is 1. The van der Waals surface area contributed by atoms with E-state index < -0.39 is 5.54 Å². The molecule has 0 amide bonds. The molecule has 0 aliphatic heterocycles. The molecular formula is C15H31N3O2. The Morgan fingerprint density at radius 1 is 1.35 bits per heavy atom. The molecular weight excluding hydrogens is 254 g/mol. The number of nitrogens with two attached hydrogens (primary N) is 1. The summed E-state index contributed by atoms with van der Waals surface area (Å²) >= 11 is 0. The van der Waals surface area contributed by atoms with Gasteiger partial charge in [0.25, 0.3) is 0 Å². The minimum absolute atomic E-state index is 0.258. The Balaban J connectivity index is 2.68. The Labute approximate surface area is 123 Å². The molecule has 0 saturated heterocycles. The number of hydrogen-bond donors (Lipinski definition) is 1. The van der Waals surface area contributed by atoms with E-state index in [-0.39, 0.29) is 5.97 Å². The predicted octanol–water partition coefficient (Wildman–Crippen LogP) is 1.07. The molecule has 1 rings (SSSR count). The van der Waals surface area contributed by atoms with E-state index in [9.17, 15) is 4.79 Å². The van der Waals surface area contributed by atoms with Crippen molar-refractivity contribution in [1.29, 1.82) is 0 Å². The van der Waals surface area contributed by atoms with Gasteiger partial charge in [0, 0.05) is 19.1 Å². The quantitative estimate of drug-likeness (QED) is 0.709. The van der Waals surface area contributed by atoms with Crippen LogP contribution in [0.1, 0.15) is 39.0 Å². The van der Waals surface area contributed by atoms with Crippen LogP contribution in [0.15, 0.2) is 0 Å². The molecule has 0 aromatic rings. The molecule has 1 saturated carbocycles. The molecule has 2 N–H and O–H groups in total. The summed E-state index contributed by atoms with van der Waals surface area (Å²) in [4.78, 5) is 16.6. The average Bonchev–Trinajstić information content (AvgIpc) is 2.42. The van der Waals surface area contributed by atoms with Gasteiger partial charge in [0.2, 0.25) is 0 Å². The van der Waals surface area contributed by atoms with Crippen molar-refractivity contribution >= 4 is 5.97 Å². The SMILES string of the molecule is CCCN(CCN(C)C)C1CCCC(N)(C(=O)OC)C1. The summed E-state index contributed by atoms with van der Waals surface area (Å²) in [5, 5.41) is 0. The zero-order chi connectivity index (χ0) is 15.2. The molecule has 20 heavy (non-hydrogen) atoms. The van der Waals surface area contributed by atoms with Crippen LogP contribution < -0.4 is 5.73 Å². The maximum atomic E-state index is 11.9. The van der Waals surface area contributed by atoms with Crippen LogP contribution in [0.4, 0.5) is 0 Å². The first kappa shape index (κ1) is 17.4. The Kier molecular flexibility index (Phi) is 6.92. The topological polar surface area (TPSA) is 58.8 Å². The standard InChI is InChI=1S/C15H31N3O2/c1-5-9-18(11-10-17(2)3)13-7-6-8-15(16,12-13)14(19)20-4/h13H,5-12,16H2,1-4H3. The van der Waals surface area contributed by atoms with Gasteiger partial charge in [0.05, 0.1) is 7.11 Å². The lowest BCUT2D eigenvalue weighted by molar-refractivity contribution is -0.149. The highest BCUT2D eigenvalue weighted by Crippen LogP contribution is 2.30. The fourth-order valence-electron chi connectivity index (χ4n) is 3.07. The van der Waals surface area contributed by atoms with Crippen LogP contribution in [-0.4, -0.2) is 68.2 Å². The highest BCUT2D eigenvalue weighted by Gasteiger charge is 2.41. The summed E-state index contributed by atoms with van der Waals surface area (Å²) in [6.45, 7) is 5.33. The molecule has 1 aliphatic carbocycles. The van der Waals surface area contributed by atoms with Gasteiger partial charge in [-0.3, -0.25) is 9.69 Å². The second kappa shape index (κ2) is 7.96. The maximum Gasteiger partial charge on any atom is 0.325 e. The Hall–Kier alpha value is -0.650. The Morgan fingerprint density at radius 2 is 2.05 bits per heavy atom. The number of esters is 1. The van der Waals surface area contributed by atoms with Crippen LogP contribution in [0.2, 0.25) is 0 Å². The number of ether oxygens (including phenoxy) is 1. The van der Waals surface area contributed by atoms with Crippen molar-refractivity contribution in [3.8, 4) is 0 Å². The van der Waals surface area contributed by atoms with E-state index in [1.165, 1.54) is 7.11 Å². The highest BCUT2D eigenvalue weighted by atomic mass is 16.5. The summed E-state index contributed by atoms with van der Waals surface area (Å²) in [5.74, 6) is -0.258. The summed E-state index contributed by atoms with van der Waals surface area (Å²) in [6, 6.07) is 0.396. The molecule has 1 fully saturated rings. The summed E-state index contributed by atoms with van der Waals surface area (Å²) in [6.07, 6.45) is 4.71. The zero-order valence-corrected chi connectivity index (χ0v) is 13.5. The van der Waals surface area contributed by atoms with Gasteiger partial charge in [0.15, 0.2) is 0 Å². The van der Waals surface area contributed by atoms with Crippen LogP contribution in [0.3, 0.4) is 0 Å². The molecule has 5 heteroatoms. The van der Waals surface area contributed by atoms with Crippen molar-refractivity contribution in [2.24, 2.45) is 5.73 Å². The van der Waals surface area contributed by atoms with Gasteiger partial charge in [-0.2, -0.15) is 0 Å². The third kappa shape index (κ3) is 4.72. The van der Waals surface area contributed by atoms with E-state index in [0.717, 1.165) is 45.3 Å². The van der Waals surface area contributed by atoms with Crippen LogP contribution in [0.25, 0.3) is 0 Å². The van der Waals surface area contributed by atoms with Crippen LogP contribution in [0.5, 0.6) is 0 Å². The third-order valence-electron chi connectivity index (χ3n) is 4.21. The molecule has 0 spiro atoms. The Morgan fingerprint density at radius 3 is 2.60 bits per heavy atom. The number of rotatable bonds is 7. The second-order valence-corrected chi connectivity index (χ2v) is 6.24. The molecule has 118 valence electrons. The van der Waals surface area contributed by atoms with Crippen molar-refractivity contribution in [2.45, 2.75) is 50.6 Å². The molecule has 1 aliphatic rings. The monoisotopic (exact) mass is 285 g/mol. The van der Waals surface area contributed by atoms with Crippen molar-refractivity contribution in [3.05, 3.63) is 0 Å². The maximum absolute atomic E-state index is 11.9. The lowest BCUT2D eigenvalue weighted by Crippen LogP contribution is -2.56. The summed E-state index contributed by atoms with van der Waals surface area (Å²) in [5.41, 5.74) is 5.49. The average molecular weight is 285 g/mol. The van der Waals surface area contributed by atoms with E-state index in [2.05, 4.69) is 30.8 Å². The summed E-state index contributed by atoms with van der Waals surface area (Å²) in [7, 11) is 5.61. The van der Waals surface area contributed by atoms with E-state index in [1.54, 1.807) is 0 Å². The fraction of sp³-hybridized carbons (Fsp3) is 0.933.